The van der Waals surface area contributed by atoms with Gasteiger partial charge in [-0.1, -0.05) is 0 Å². The van der Waals surface area contributed by atoms with E-state index in [0.29, 0.717) is 35.8 Å². The standard InChI is InChI=1S/C26H30N4O3/c1-26(2,3)33-23-13-17(15-31-21-8-4-19(5-9-21)24(27)28)12-18(14-23)16-32-22-10-6-20(7-11-22)25(29)30/h4-14H,15-16H2,1-3H3,(H3,27,28)(H3,29,30). The average molecular weight is 447 g/mol. The molecule has 0 fully saturated rings. The molecule has 7 nitrogen and oxygen atoms in total. The molecule has 0 aliphatic carbocycles. The number of nitrogen functional groups attached to an aromatic ring is 2. The molecule has 3 aromatic rings. The molecule has 0 bridgehead atoms. The van der Waals surface area contributed by atoms with Crippen molar-refractivity contribution in [1.82, 2.24) is 0 Å². The second-order valence-corrected chi connectivity index (χ2v) is 8.65. The van der Waals surface area contributed by atoms with Gasteiger partial charge in [-0.05, 0) is 98.6 Å². The highest BCUT2D eigenvalue weighted by molar-refractivity contribution is 5.95. The van der Waals surface area contributed by atoms with Crippen LogP contribution < -0.4 is 25.7 Å². The van der Waals surface area contributed by atoms with Crippen molar-refractivity contribution in [3.63, 3.8) is 0 Å². The quantitative estimate of drug-likeness (QED) is 0.282. The molecule has 0 aliphatic rings. The minimum atomic E-state index is -0.345. The van der Waals surface area contributed by atoms with E-state index in [1.807, 2.05) is 39.0 Å². The van der Waals surface area contributed by atoms with Gasteiger partial charge in [-0.3, -0.25) is 10.8 Å². The van der Waals surface area contributed by atoms with E-state index >= 15 is 0 Å². The Hall–Kier alpha value is -4.00. The first-order chi connectivity index (χ1) is 15.6. The lowest BCUT2D eigenvalue weighted by molar-refractivity contribution is 0.130. The third-order valence-corrected chi connectivity index (χ3v) is 4.59. The lowest BCUT2D eigenvalue weighted by Crippen LogP contribution is -2.23. The third-order valence-electron chi connectivity index (χ3n) is 4.59. The maximum absolute atomic E-state index is 7.49. The topological polar surface area (TPSA) is 127 Å². The van der Waals surface area contributed by atoms with E-state index in [0.717, 1.165) is 16.9 Å². The average Bonchev–Trinajstić information content (AvgIpc) is 2.75. The Balaban J connectivity index is 1.73. The molecular formula is C26H30N4O3. The number of ether oxygens (including phenoxy) is 3. The first-order valence-electron chi connectivity index (χ1n) is 10.6. The lowest BCUT2D eigenvalue weighted by Gasteiger charge is -2.22. The molecule has 0 saturated carbocycles. The number of nitrogens with two attached hydrogens (primary N) is 2. The second kappa shape index (κ2) is 10.1. The normalized spacial score (nSPS) is 11.0. The first kappa shape index (κ1) is 23.7. The Morgan fingerprint density at radius 3 is 1.39 bits per heavy atom. The zero-order chi connectivity index (χ0) is 24.0. The van der Waals surface area contributed by atoms with E-state index in [1.54, 1.807) is 48.5 Å². The minimum Gasteiger partial charge on any atom is -0.489 e. The molecule has 0 spiro atoms. The van der Waals surface area contributed by atoms with E-state index in [2.05, 4.69) is 0 Å². The fraction of sp³-hybridized carbons (Fsp3) is 0.231. The molecule has 7 heteroatoms. The van der Waals surface area contributed by atoms with E-state index in [1.165, 1.54) is 0 Å². The Morgan fingerprint density at radius 2 is 1.06 bits per heavy atom. The number of hydrogen-bond donors (Lipinski definition) is 4. The van der Waals surface area contributed by atoms with Crippen molar-refractivity contribution < 1.29 is 14.2 Å². The monoisotopic (exact) mass is 446 g/mol. The number of amidine groups is 2. The van der Waals surface area contributed by atoms with Gasteiger partial charge in [-0.25, -0.2) is 0 Å². The Labute approximate surface area is 194 Å². The van der Waals surface area contributed by atoms with Crippen LogP contribution in [0, 0.1) is 10.8 Å². The van der Waals surface area contributed by atoms with Gasteiger partial charge in [0.05, 0.1) is 0 Å². The van der Waals surface area contributed by atoms with Gasteiger partial charge in [0.15, 0.2) is 0 Å². The summed E-state index contributed by atoms with van der Waals surface area (Å²) >= 11 is 0. The van der Waals surface area contributed by atoms with Crippen molar-refractivity contribution in [3.05, 3.63) is 89.0 Å². The molecule has 0 atom stereocenters. The summed E-state index contributed by atoms with van der Waals surface area (Å²) in [4.78, 5) is 0. The van der Waals surface area contributed by atoms with E-state index < -0.39 is 0 Å². The molecule has 0 aliphatic heterocycles. The summed E-state index contributed by atoms with van der Waals surface area (Å²) in [5.41, 5.74) is 13.9. The molecule has 0 radical (unpaired) electrons. The highest BCUT2D eigenvalue weighted by Crippen LogP contribution is 2.24. The maximum atomic E-state index is 7.49. The zero-order valence-electron chi connectivity index (χ0n) is 19.1. The Morgan fingerprint density at radius 1 is 0.667 bits per heavy atom. The van der Waals surface area contributed by atoms with E-state index in [4.69, 9.17) is 36.5 Å². The van der Waals surface area contributed by atoms with Crippen LogP contribution in [0.3, 0.4) is 0 Å². The summed E-state index contributed by atoms with van der Waals surface area (Å²) in [5.74, 6) is 2.15. The van der Waals surface area contributed by atoms with Crippen LogP contribution in [0.2, 0.25) is 0 Å². The summed E-state index contributed by atoms with van der Waals surface area (Å²) < 4.78 is 17.9. The minimum absolute atomic E-state index is 0.0224. The van der Waals surface area contributed by atoms with Crippen LogP contribution in [-0.4, -0.2) is 17.3 Å². The molecule has 3 rings (SSSR count). The van der Waals surface area contributed by atoms with Crippen LogP contribution in [0.15, 0.2) is 66.7 Å². The summed E-state index contributed by atoms with van der Waals surface area (Å²) in [7, 11) is 0. The molecular weight excluding hydrogens is 416 g/mol. The van der Waals surface area contributed by atoms with Crippen LogP contribution >= 0.6 is 0 Å². The van der Waals surface area contributed by atoms with Gasteiger partial charge in [0.1, 0.15) is 47.7 Å². The fourth-order valence-corrected chi connectivity index (χ4v) is 3.10. The predicted octanol–water partition coefficient (Wildman–Crippen LogP) is 4.59. The number of hydrogen-bond acceptors (Lipinski definition) is 5. The second-order valence-electron chi connectivity index (χ2n) is 8.65. The Kier molecular flexibility index (Phi) is 7.23. The van der Waals surface area contributed by atoms with Crippen molar-refractivity contribution in [3.8, 4) is 17.2 Å². The van der Waals surface area contributed by atoms with Gasteiger partial charge < -0.3 is 25.7 Å². The molecule has 0 unspecified atom stereocenters. The smallest absolute Gasteiger partial charge is 0.122 e. The summed E-state index contributed by atoms with van der Waals surface area (Å²) in [5, 5.41) is 15.0. The van der Waals surface area contributed by atoms with Gasteiger partial charge in [-0.2, -0.15) is 0 Å². The highest BCUT2D eigenvalue weighted by Gasteiger charge is 2.14. The summed E-state index contributed by atoms with van der Waals surface area (Å²) in [6.07, 6.45) is 0. The van der Waals surface area contributed by atoms with E-state index in [9.17, 15) is 0 Å². The first-order valence-corrected chi connectivity index (χ1v) is 10.6. The predicted molar refractivity (Wildman–Crippen MR) is 130 cm³/mol. The van der Waals surface area contributed by atoms with Gasteiger partial charge >= 0.3 is 0 Å². The lowest BCUT2D eigenvalue weighted by atomic mass is 10.1. The number of benzene rings is 3. The van der Waals surface area contributed by atoms with Crippen LogP contribution in [0.4, 0.5) is 0 Å². The third kappa shape index (κ3) is 7.28. The van der Waals surface area contributed by atoms with Gasteiger partial charge in [0.2, 0.25) is 0 Å². The molecule has 0 aromatic heterocycles. The largest absolute Gasteiger partial charge is 0.489 e. The summed E-state index contributed by atoms with van der Waals surface area (Å²) in [6.45, 7) is 6.70. The molecule has 0 amide bonds. The molecule has 0 saturated heterocycles. The fourth-order valence-electron chi connectivity index (χ4n) is 3.10. The zero-order valence-corrected chi connectivity index (χ0v) is 19.1. The molecule has 3 aromatic carbocycles. The van der Waals surface area contributed by atoms with Crippen molar-refractivity contribution >= 4 is 11.7 Å². The van der Waals surface area contributed by atoms with Crippen molar-refractivity contribution in [1.29, 1.82) is 10.8 Å². The van der Waals surface area contributed by atoms with Crippen molar-refractivity contribution in [2.24, 2.45) is 11.5 Å². The molecule has 6 N–H and O–H groups in total. The SMILES string of the molecule is CC(C)(C)Oc1cc(COc2ccc(C(=N)N)cc2)cc(COc2ccc(C(=N)N)cc2)c1. The molecule has 172 valence electrons. The van der Waals surface area contributed by atoms with Crippen molar-refractivity contribution in [2.75, 3.05) is 0 Å². The number of rotatable bonds is 9. The van der Waals surface area contributed by atoms with Crippen LogP contribution in [0.5, 0.6) is 17.2 Å². The van der Waals surface area contributed by atoms with Gasteiger partial charge in [-0.15, -0.1) is 0 Å². The Bertz CT molecular complexity index is 1040. The van der Waals surface area contributed by atoms with Gasteiger partial charge in [0.25, 0.3) is 0 Å². The number of nitrogens with one attached hydrogen (secondary N) is 2. The highest BCUT2D eigenvalue weighted by atomic mass is 16.5. The molecule has 0 heterocycles. The van der Waals surface area contributed by atoms with Gasteiger partial charge in [0, 0.05) is 11.1 Å². The van der Waals surface area contributed by atoms with Crippen LogP contribution in [-0.2, 0) is 13.2 Å². The summed E-state index contributed by atoms with van der Waals surface area (Å²) in [6, 6.07) is 20.1. The van der Waals surface area contributed by atoms with Crippen LogP contribution in [0.25, 0.3) is 0 Å². The van der Waals surface area contributed by atoms with E-state index in [-0.39, 0.29) is 17.3 Å². The van der Waals surface area contributed by atoms with Crippen LogP contribution in [0.1, 0.15) is 43.0 Å². The molecule has 33 heavy (non-hydrogen) atoms. The van der Waals surface area contributed by atoms with Crippen molar-refractivity contribution in [2.45, 2.75) is 39.6 Å². The maximum Gasteiger partial charge on any atom is 0.122 e.